The van der Waals surface area contributed by atoms with Crippen molar-refractivity contribution in [3.05, 3.63) is 153 Å². The molecule has 658 valence electrons. The third-order valence-electron chi connectivity index (χ3n) is 18.5. The van der Waals surface area contributed by atoms with Gasteiger partial charge in [0.05, 0.1) is 103 Å². The highest BCUT2D eigenvalue weighted by Gasteiger charge is 2.41. The summed E-state index contributed by atoms with van der Waals surface area (Å²) in [5, 5.41) is 35.5. The molecule has 0 aliphatic carbocycles. The van der Waals surface area contributed by atoms with Crippen molar-refractivity contribution in [2.24, 2.45) is 5.73 Å². The molecule has 5 saturated heterocycles. The van der Waals surface area contributed by atoms with Gasteiger partial charge in [0.2, 0.25) is 0 Å². The lowest BCUT2D eigenvalue weighted by Gasteiger charge is -2.42. The number of aromatic nitrogens is 3. The van der Waals surface area contributed by atoms with Gasteiger partial charge in [0.15, 0.2) is 18.2 Å². The SMILES string of the molecule is CC(C)(C)OC(=O)NC(C)(C)C1CN(Cc2ccccc2)CCO1.CC(C)(C)OC(=O)NC(C)(C)C1CN(c2ccc(N)nc2)CCO1.CC(C)(C)OC(=O)NC(C)(C)C1CN(c2ccc([N+](=O)[O-])nc2)CCO1.CC(C)(C)OC(=O)NC(C)(C)C1CNCCO1.CC(C)(N)C1CN(Cc2ccccc2)CCO1.O=[N+]([O-])c1ccc(F)cn1. The Balaban J connectivity index is 0.000000257. The van der Waals surface area contributed by atoms with Crippen molar-refractivity contribution in [2.45, 2.75) is 246 Å². The molecule has 5 aliphatic rings. The highest BCUT2D eigenvalue weighted by molar-refractivity contribution is 5.70. The van der Waals surface area contributed by atoms with Crippen LogP contribution in [0.4, 0.5) is 52.4 Å². The monoisotopic (exact) mass is 1660 g/mol. The molecular weight excluding hydrogens is 1520 g/mol. The maximum Gasteiger partial charge on any atom is 0.408 e. The number of hydrogen-bond donors (Lipinski definition) is 7. The smallest absolute Gasteiger partial charge is 0.408 e. The van der Waals surface area contributed by atoms with E-state index in [0.717, 1.165) is 95.2 Å². The van der Waals surface area contributed by atoms with Gasteiger partial charge in [-0.2, -0.15) is 0 Å². The third-order valence-corrected chi connectivity index (χ3v) is 18.5. The van der Waals surface area contributed by atoms with E-state index in [1.807, 2.05) is 149 Å². The van der Waals surface area contributed by atoms with Gasteiger partial charge in [0.25, 0.3) is 0 Å². The number of carbonyl (C=O) groups excluding carboxylic acids is 4. The van der Waals surface area contributed by atoms with Crippen molar-refractivity contribution in [1.29, 1.82) is 0 Å². The topological polar surface area (TPSA) is 401 Å². The Kier molecular flexibility index (Phi) is 37.2. The summed E-state index contributed by atoms with van der Waals surface area (Å²) in [5.74, 6) is -0.618. The van der Waals surface area contributed by atoms with Gasteiger partial charge in [-0.15, -0.1) is 0 Å². The second-order valence-electron chi connectivity index (χ2n) is 36.2. The van der Waals surface area contributed by atoms with Crippen LogP contribution in [0.15, 0.2) is 116 Å². The van der Waals surface area contributed by atoms with E-state index in [9.17, 15) is 43.8 Å². The number of rotatable bonds is 17. The number of nitrogens with zero attached hydrogens (tertiary/aromatic N) is 9. The summed E-state index contributed by atoms with van der Waals surface area (Å²) in [5.41, 5.74) is 11.6. The zero-order chi connectivity index (χ0) is 88.3. The molecule has 4 amide bonds. The molecule has 0 bridgehead atoms. The number of benzene rings is 2. The maximum absolute atomic E-state index is 12.1. The zero-order valence-electron chi connectivity index (χ0n) is 73.4. The van der Waals surface area contributed by atoms with E-state index in [2.05, 4.69) is 111 Å². The van der Waals surface area contributed by atoms with Gasteiger partial charge in [-0.1, -0.05) is 60.7 Å². The number of alkyl carbamates (subject to hydrolysis) is 4. The lowest BCUT2D eigenvalue weighted by molar-refractivity contribution is -0.389. The molecule has 33 nitrogen and oxygen atoms in total. The Labute approximate surface area is 696 Å². The minimum absolute atomic E-state index is 0.0382. The number of morpholine rings is 5. The number of carbonyl (C=O) groups is 4. The molecule has 5 aliphatic heterocycles. The molecular formula is C84H133FN16O17. The van der Waals surface area contributed by atoms with Crippen LogP contribution in [0, 0.1) is 26.0 Å². The van der Waals surface area contributed by atoms with Gasteiger partial charge in [-0.3, -0.25) is 9.80 Å². The van der Waals surface area contributed by atoms with Gasteiger partial charge < -0.3 is 111 Å². The summed E-state index contributed by atoms with van der Waals surface area (Å²) in [6.45, 7) is 54.4. The molecule has 5 fully saturated rings. The molecule has 5 aromatic rings. The number of pyridine rings is 3. The summed E-state index contributed by atoms with van der Waals surface area (Å²) in [6, 6.07) is 29.7. The van der Waals surface area contributed by atoms with Crippen molar-refractivity contribution in [3.8, 4) is 0 Å². The largest absolute Gasteiger partial charge is 0.444 e. The number of hydrogen-bond acceptors (Lipinski definition) is 27. The average molecular weight is 1660 g/mol. The number of anilines is 3. The van der Waals surface area contributed by atoms with Gasteiger partial charge >= 0.3 is 36.0 Å². The van der Waals surface area contributed by atoms with E-state index < -0.39 is 84.6 Å². The molecule has 118 heavy (non-hydrogen) atoms. The minimum Gasteiger partial charge on any atom is -0.444 e. The lowest BCUT2D eigenvalue weighted by Crippen LogP contribution is -2.60. The van der Waals surface area contributed by atoms with E-state index in [1.165, 1.54) is 23.4 Å². The minimum atomic E-state index is -0.681. The van der Waals surface area contributed by atoms with Gasteiger partial charge in [-0.05, 0) is 208 Å². The first-order valence-electron chi connectivity index (χ1n) is 39.9. The van der Waals surface area contributed by atoms with Gasteiger partial charge in [0, 0.05) is 96.2 Å². The van der Waals surface area contributed by atoms with E-state index in [1.54, 1.807) is 39.1 Å². The van der Waals surface area contributed by atoms with E-state index in [0.29, 0.717) is 51.9 Å². The first-order chi connectivity index (χ1) is 54.7. The fourth-order valence-electron chi connectivity index (χ4n) is 12.3. The first kappa shape index (κ1) is 99.3. The van der Waals surface area contributed by atoms with Crippen molar-refractivity contribution in [3.63, 3.8) is 0 Å². The van der Waals surface area contributed by atoms with E-state index in [-0.39, 0.29) is 47.7 Å². The number of nitrogens with two attached hydrogens (primary N) is 2. The number of ether oxygens (including phenoxy) is 9. The molecule has 9 N–H and O–H groups in total. The number of nitro groups is 2. The second-order valence-corrected chi connectivity index (χ2v) is 36.2. The fourth-order valence-corrected chi connectivity index (χ4v) is 12.3. The predicted octanol–water partition coefficient (Wildman–Crippen LogP) is 11.9. The maximum atomic E-state index is 12.1. The molecule has 0 radical (unpaired) electrons. The van der Waals surface area contributed by atoms with Crippen LogP contribution in [0.5, 0.6) is 0 Å². The molecule has 0 saturated carbocycles. The predicted molar refractivity (Wildman–Crippen MR) is 452 cm³/mol. The molecule has 34 heteroatoms. The highest BCUT2D eigenvalue weighted by Crippen LogP contribution is 2.28. The van der Waals surface area contributed by atoms with Crippen LogP contribution >= 0.6 is 0 Å². The Morgan fingerprint density at radius 1 is 0.449 bits per heavy atom. The Hall–Kier alpha value is -9.26. The Morgan fingerprint density at radius 3 is 1.10 bits per heavy atom. The number of halogens is 1. The first-order valence-corrected chi connectivity index (χ1v) is 39.9. The Morgan fingerprint density at radius 2 is 0.780 bits per heavy atom. The van der Waals surface area contributed by atoms with E-state index >= 15 is 0 Å². The van der Waals surface area contributed by atoms with Crippen LogP contribution in [0.1, 0.15) is 163 Å². The molecule has 5 unspecified atom stereocenters. The molecule has 2 aromatic carbocycles. The molecule has 0 spiro atoms. The number of nitrogen functional groups attached to an aromatic ring is 1. The Bertz CT molecular complexity index is 3890. The second kappa shape index (κ2) is 44.2. The molecule has 3 aromatic heterocycles. The number of amides is 4. The van der Waals surface area contributed by atoms with Crippen molar-refractivity contribution in [1.82, 2.24) is 51.3 Å². The highest BCUT2D eigenvalue weighted by atomic mass is 19.1. The number of nitrogens with one attached hydrogen (secondary N) is 5. The summed E-state index contributed by atoms with van der Waals surface area (Å²) in [7, 11) is 0. The normalized spacial score (nSPS) is 19.2. The summed E-state index contributed by atoms with van der Waals surface area (Å²) in [4.78, 5) is 87.6. The quantitative estimate of drug-likeness (QED) is 0.0258. The van der Waals surface area contributed by atoms with Crippen LogP contribution in [0.25, 0.3) is 0 Å². The van der Waals surface area contributed by atoms with Crippen LogP contribution in [-0.4, -0.2) is 238 Å². The van der Waals surface area contributed by atoms with Crippen molar-refractivity contribution >= 4 is 53.2 Å². The molecule has 5 atom stereocenters. The van der Waals surface area contributed by atoms with Crippen LogP contribution in [0.2, 0.25) is 0 Å². The molecule has 10 rings (SSSR count). The molecule has 8 heterocycles. The summed E-state index contributed by atoms with van der Waals surface area (Å²) >= 11 is 0. The lowest BCUT2D eigenvalue weighted by atomic mass is 9.95. The summed E-state index contributed by atoms with van der Waals surface area (Å²) < 4.78 is 62.4. The van der Waals surface area contributed by atoms with Crippen LogP contribution < -0.4 is 47.9 Å². The standard InChI is InChI=1S/C19H30N2O3.C17H26N4O5.C17H28N4O3.C14H22N2O.C12H24N2O3.C5H3FN2O2/c1-18(2,3)24-17(22)20-19(4,5)16-14-21(11-12-23-16)13-15-9-7-6-8-10-15;1-16(2,3)26-15(22)19-17(4,5)13-11-20(8-9-25-13)12-6-7-14(18-10-12)21(23)24;1-16(2,3)24-15(22)20-17(4,5)13-11-21(8-9-23-13)12-6-7-14(18)19-10-12;1-14(2,15)13-11-16(8-9-17-13)10-12-6-4-3-5-7-12;1-11(2,3)17-10(15)14-12(4,5)9-8-13-6-7-16-9;6-4-1-2-5(7-3-4)8(9)10/h6-10,16H,11-14H2,1-5H3,(H,20,22);6-7,10,13H,8-9,11H2,1-5H3,(H,19,22);6-7,10,13H,8-9,11H2,1-5H3,(H2,18,19)(H,20,22);3-7,13H,8-11,15H2,1-2H3;9,13H,6-8H2,1-5H3,(H,14,15);1-3H. The summed E-state index contributed by atoms with van der Waals surface area (Å²) in [6.07, 6.45) is 1.84. The average Bonchev–Trinajstić information content (AvgIpc) is 0.819. The van der Waals surface area contributed by atoms with E-state index in [4.69, 9.17) is 54.1 Å². The van der Waals surface area contributed by atoms with Crippen LogP contribution in [-0.2, 0) is 55.7 Å². The van der Waals surface area contributed by atoms with Crippen molar-refractivity contribution < 1.29 is 76.0 Å². The van der Waals surface area contributed by atoms with Crippen LogP contribution in [0.3, 0.4) is 0 Å². The third kappa shape index (κ3) is 37.4. The zero-order valence-corrected chi connectivity index (χ0v) is 73.4. The van der Waals surface area contributed by atoms with Crippen molar-refractivity contribution in [2.75, 3.05) is 114 Å². The van der Waals surface area contributed by atoms with Gasteiger partial charge in [-0.25, -0.2) is 28.6 Å². The fraction of sp³-hybridized carbons (Fsp3) is 0.631. The van der Waals surface area contributed by atoms with Gasteiger partial charge in [0.1, 0.15) is 28.2 Å².